The average Bonchev–Trinajstić information content (AvgIpc) is 2.64. The van der Waals surface area contributed by atoms with Gasteiger partial charge in [-0.2, -0.15) is 0 Å². The summed E-state index contributed by atoms with van der Waals surface area (Å²) in [4.78, 5) is 27.2. The van der Waals surface area contributed by atoms with Gasteiger partial charge in [0.15, 0.2) is 6.61 Å². The van der Waals surface area contributed by atoms with Crippen LogP contribution in [0, 0.1) is 0 Å². The number of esters is 1. The third-order valence-electron chi connectivity index (χ3n) is 2.99. The van der Waals surface area contributed by atoms with Crippen LogP contribution in [0.25, 0.3) is 0 Å². The molecule has 1 aromatic carbocycles. The zero-order valence-corrected chi connectivity index (χ0v) is 13.2. The molecule has 1 amide bonds. The number of amides is 1. The Morgan fingerprint density at radius 1 is 1.12 bits per heavy atom. The number of carbonyl (C=O) groups is 2. The number of rotatable bonds is 8. The van der Waals surface area contributed by atoms with E-state index in [0.29, 0.717) is 17.1 Å². The molecule has 24 heavy (non-hydrogen) atoms. The predicted molar refractivity (Wildman–Crippen MR) is 86.0 cm³/mol. The second-order valence-electron chi connectivity index (χ2n) is 4.68. The number of nitrogens with one attached hydrogen (secondary N) is 1. The largest absolute Gasteiger partial charge is 0.497 e. The molecule has 0 fully saturated rings. The molecular formula is C17H18N2O5. The molecule has 7 heteroatoms. The number of hydrogen-bond donors (Lipinski definition) is 1. The standard InChI is InChI=1S/C17H18N2O5/c1-22-14-3-2-4-15(11-14)24-12-16(20)23-10-9-19-17(21)13-5-7-18-8-6-13/h2-8,11H,9-10,12H2,1H3,(H,19,21). The Bertz CT molecular complexity index is 676. The molecule has 0 aliphatic heterocycles. The summed E-state index contributed by atoms with van der Waals surface area (Å²) in [6.07, 6.45) is 3.07. The summed E-state index contributed by atoms with van der Waals surface area (Å²) in [6, 6.07) is 10.1. The Hall–Kier alpha value is -3.09. The molecular weight excluding hydrogens is 312 g/mol. The number of methoxy groups -OCH3 is 1. The molecule has 0 radical (unpaired) electrons. The second kappa shape index (κ2) is 9.14. The van der Waals surface area contributed by atoms with Crippen LogP contribution in [-0.4, -0.2) is 43.7 Å². The van der Waals surface area contributed by atoms with Crippen LogP contribution < -0.4 is 14.8 Å². The fraction of sp³-hybridized carbons (Fsp3) is 0.235. The molecule has 1 N–H and O–H groups in total. The molecule has 0 bridgehead atoms. The Kier molecular flexibility index (Phi) is 6.58. The van der Waals surface area contributed by atoms with Gasteiger partial charge >= 0.3 is 5.97 Å². The highest BCUT2D eigenvalue weighted by Gasteiger charge is 2.07. The van der Waals surface area contributed by atoms with Gasteiger partial charge in [0.25, 0.3) is 5.91 Å². The van der Waals surface area contributed by atoms with Gasteiger partial charge in [-0.05, 0) is 24.3 Å². The van der Waals surface area contributed by atoms with Crippen LogP contribution in [0.1, 0.15) is 10.4 Å². The lowest BCUT2D eigenvalue weighted by atomic mass is 10.2. The van der Waals surface area contributed by atoms with Crippen LogP contribution in [0.4, 0.5) is 0 Å². The minimum Gasteiger partial charge on any atom is -0.497 e. The average molecular weight is 330 g/mol. The van der Waals surface area contributed by atoms with E-state index in [4.69, 9.17) is 14.2 Å². The first-order valence-electron chi connectivity index (χ1n) is 7.30. The lowest BCUT2D eigenvalue weighted by Crippen LogP contribution is -2.28. The molecule has 0 saturated heterocycles. The summed E-state index contributed by atoms with van der Waals surface area (Å²) < 4.78 is 15.4. The third-order valence-corrected chi connectivity index (χ3v) is 2.99. The van der Waals surface area contributed by atoms with E-state index in [1.807, 2.05) is 0 Å². The number of benzene rings is 1. The SMILES string of the molecule is COc1cccc(OCC(=O)OCCNC(=O)c2ccncc2)c1. The first-order chi connectivity index (χ1) is 11.7. The van der Waals surface area contributed by atoms with Crippen molar-refractivity contribution in [3.63, 3.8) is 0 Å². The van der Waals surface area contributed by atoms with Crippen molar-refractivity contribution in [2.75, 3.05) is 26.9 Å². The van der Waals surface area contributed by atoms with Crippen LogP contribution in [0.15, 0.2) is 48.8 Å². The van der Waals surface area contributed by atoms with Gasteiger partial charge in [0.2, 0.25) is 0 Å². The summed E-state index contributed by atoms with van der Waals surface area (Å²) in [7, 11) is 1.55. The quantitative estimate of drug-likeness (QED) is 0.582. The number of nitrogens with zero attached hydrogens (tertiary/aromatic N) is 1. The lowest BCUT2D eigenvalue weighted by Gasteiger charge is -2.09. The zero-order valence-electron chi connectivity index (χ0n) is 13.2. The molecule has 0 saturated carbocycles. The number of aromatic nitrogens is 1. The molecule has 0 spiro atoms. The Labute approximate surface area is 139 Å². The molecule has 7 nitrogen and oxygen atoms in total. The van der Waals surface area contributed by atoms with Crippen molar-refractivity contribution in [1.29, 1.82) is 0 Å². The van der Waals surface area contributed by atoms with E-state index in [-0.39, 0.29) is 25.7 Å². The van der Waals surface area contributed by atoms with Crippen LogP contribution in [-0.2, 0) is 9.53 Å². The highest BCUT2D eigenvalue weighted by Crippen LogP contribution is 2.18. The van der Waals surface area contributed by atoms with Crippen LogP contribution >= 0.6 is 0 Å². The van der Waals surface area contributed by atoms with E-state index in [0.717, 1.165) is 0 Å². The molecule has 0 aliphatic rings. The van der Waals surface area contributed by atoms with E-state index in [1.165, 1.54) is 12.4 Å². The summed E-state index contributed by atoms with van der Waals surface area (Å²) in [6.45, 7) is 0.0641. The van der Waals surface area contributed by atoms with Crippen molar-refractivity contribution in [2.45, 2.75) is 0 Å². The molecule has 2 aromatic rings. The Morgan fingerprint density at radius 2 is 1.88 bits per heavy atom. The summed E-state index contributed by atoms with van der Waals surface area (Å²) in [5, 5.41) is 2.64. The van der Waals surface area contributed by atoms with Crippen molar-refractivity contribution in [1.82, 2.24) is 10.3 Å². The maximum Gasteiger partial charge on any atom is 0.344 e. The molecule has 126 valence electrons. The first kappa shape index (κ1) is 17.3. The first-order valence-corrected chi connectivity index (χ1v) is 7.30. The van der Waals surface area contributed by atoms with Crippen molar-refractivity contribution in [3.8, 4) is 11.5 Å². The summed E-state index contributed by atoms with van der Waals surface area (Å²) in [5.74, 6) is 0.383. The van der Waals surface area contributed by atoms with Crippen molar-refractivity contribution < 1.29 is 23.8 Å². The molecule has 2 rings (SSSR count). The van der Waals surface area contributed by atoms with E-state index in [2.05, 4.69) is 10.3 Å². The van der Waals surface area contributed by atoms with Gasteiger partial charge in [0.05, 0.1) is 13.7 Å². The van der Waals surface area contributed by atoms with Gasteiger partial charge in [0, 0.05) is 24.0 Å². The van der Waals surface area contributed by atoms with Gasteiger partial charge in [-0.1, -0.05) is 6.07 Å². The molecule has 1 heterocycles. The molecule has 0 unspecified atom stereocenters. The maximum atomic E-state index is 11.7. The van der Waals surface area contributed by atoms with E-state index in [9.17, 15) is 9.59 Å². The normalized spacial score (nSPS) is 9.88. The van der Waals surface area contributed by atoms with Gasteiger partial charge in [-0.3, -0.25) is 9.78 Å². The zero-order chi connectivity index (χ0) is 17.2. The van der Waals surface area contributed by atoms with Crippen molar-refractivity contribution in [3.05, 3.63) is 54.4 Å². The van der Waals surface area contributed by atoms with Gasteiger partial charge < -0.3 is 19.5 Å². The smallest absolute Gasteiger partial charge is 0.344 e. The van der Waals surface area contributed by atoms with Gasteiger partial charge in [-0.15, -0.1) is 0 Å². The highest BCUT2D eigenvalue weighted by molar-refractivity contribution is 5.93. The van der Waals surface area contributed by atoms with Crippen molar-refractivity contribution in [2.24, 2.45) is 0 Å². The number of carbonyl (C=O) groups excluding carboxylic acids is 2. The number of hydrogen-bond acceptors (Lipinski definition) is 6. The number of ether oxygens (including phenoxy) is 3. The number of pyridine rings is 1. The van der Waals surface area contributed by atoms with Crippen molar-refractivity contribution >= 4 is 11.9 Å². The van der Waals surface area contributed by atoms with E-state index < -0.39 is 5.97 Å². The van der Waals surface area contributed by atoms with Crippen LogP contribution in [0.3, 0.4) is 0 Å². The Balaban J connectivity index is 1.64. The van der Waals surface area contributed by atoms with Gasteiger partial charge in [-0.25, -0.2) is 4.79 Å². The second-order valence-corrected chi connectivity index (χ2v) is 4.68. The monoisotopic (exact) mass is 330 g/mol. The molecule has 0 aliphatic carbocycles. The third kappa shape index (κ3) is 5.60. The minimum atomic E-state index is -0.518. The fourth-order valence-corrected chi connectivity index (χ4v) is 1.81. The summed E-state index contributed by atoms with van der Waals surface area (Å²) in [5.41, 5.74) is 0.498. The predicted octanol–water partition coefficient (Wildman–Crippen LogP) is 1.44. The highest BCUT2D eigenvalue weighted by atomic mass is 16.6. The summed E-state index contributed by atoms with van der Waals surface area (Å²) >= 11 is 0. The minimum absolute atomic E-state index is 0.0666. The topological polar surface area (TPSA) is 86.8 Å². The Morgan fingerprint density at radius 3 is 2.62 bits per heavy atom. The molecule has 1 aromatic heterocycles. The van der Waals surface area contributed by atoms with Crippen LogP contribution in [0.5, 0.6) is 11.5 Å². The molecule has 0 atom stereocenters. The van der Waals surface area contributed by atoms with Crippen LogP contribution in [0.2, 0.25) is 0 Å². The lowest BCUT2D eigenvalue weighted by molar-refractivity contribution is -0.145. The van der Waals surface area contributed by atoms with E-state index in [1.54, 1.807) is 43.5 Å². The fourth-order valence-electron chi connectivity index (χ4n) is 1.81. The van der Waals surface area contributed by atoms with E-state index >= 15 is 0 Å². The maximum absolute atomic E-state index is 11.7. The van der Waals surface area contributed by atoms with Gasteiger partial charge in [0.1, 0.15) is 18.1 Å².